The highest BCUT2D eigenvalue weighted by Crippen LogP contribution is 2.47. The molecule has 4 atom stereocenters. The fourth-order valence-corrected chi connectivity index (χ4v) is 3.68. The van der Waals surface area contributed by atoms with Crippen LogP contribution in [0, 0.1) is 5.92 Å². The van der Waals surface area contributed by atoms with Crippen molar-refractivity contribution in [1.82, 2.24) is 14.5 Å². The summed E-state index contributed by atoms with van der Waals surface area (Å²) in [6.07, 6.45) is 1.10. The van der Waals surface area contributed by atoms with E-state index in [1.54, 1.807) is 0 Å². The van der Waals surface area contributed by atoms with Gasteiger partial charge in [-0.3, -0.25) is 4.57 Å². The number of nitrogens with two attached hydrogens (primary N) is 1. The first-order valence-electron chi connectivity index (χ1n) is 5.54. The highest BCUT2D eigenvalue weighted by Gasteiger charge is 2.42. The monoisotopic (exact) mass is 258 g/mol. The molecule has 0 spiro atoms. The second-order valence-electron chi connectivity index (χ2n) is 4.18. The van der Waals surface area contributed by atoms with E-state index < -0.39 is 17.2 Å². The van der Waals surface area contributed by atoms with Crippen molar-refractivity contribution in [2.75, 3.05) is 5.73 Å². The molecule has 5 nitrogen and oxygen atoms in total. The van der Waals surface area contributed by atoms with Gasteiger partial charge in [0.25, 0.3) is 0 Å². The zero-order valence-corrected chi connectivity index (χ0v) is 10.5. The van der Waals surface area contributed by atoms with Crippen LogP contribution in [0.2, 0.25) is 0 Å². The molecular weight excluding hydrogens is 243 g/mol. The first kappa shape index (κ1) is 12.3. The average molecular weight is 258 g/mol. The molecule has 0 unspecified atom stereocenters. The van der Waals surface area contributed by atoms with Gasteiger partial charge in [-0.2, -0.15) is 4.98 Å². The Morgan fingerprint density at radius 3 is 2.88 bits per heavy atom. The summed E-state index contributed by atoms with van der Waals surface area (Å²) in [4.78, 5) is 18.9. The number of aromatic nitrogens is 3. The summed E-state index contributed by atoms with van der Waals surface area (Å²) >= 11 is 1.47. The van der Waals surface area contributed by atoms with Crippen LogP contribution in [-0.4, -0.2) is 26.0 Å². The van der Waals surface area contributed by atoms with Crippen molar-refractivity contribution in [1.29, 1.82) is 0 Å². The van der Waals surface area contributed by atoms with Gasteiger partial charge in [-0.15, -0.1) is 11.8 Å². The zero-order chi connectivity index (χ0) is 12.6. The van der Waals surface area contributed by atoms with E-state index >= 15 is 0 Å². The van der Waals surface area contributed by atoms with Crippen LogP contribution in [0.4, 0.5) is 10.3 Å². The molecule has 1 aliphatic heterocycles. The normalized spacial score (nSPS) is 32.9. The highest BCUT2D eigenvalue weighted by atomic mass is 32.2. The summed E-state index contributed by atoms with van der Waals surface area (Å²) in [5.41, 5.74) is 4.77. The third-order valence-corrected chi connectivity index (χ3v) is 4.98. The van der Waals surface area contributed by atoms with Gasteiger partial charge in [-0.05, 0) is 6.42 Å². The van der Waals surface area contributed by atoms with Crippen molar-refractivity contribution in [3.63, 3.8) is 0 Å². The third kappa shape index (κ3) is 2.15. The van der Waals surface area contributed by atoms with Crippen LogP contribution in [0.1, 0.15) is 25.6 Å². The lowest BCUT2D eigenvalue weighted by atomic mass is 10.0. The second-order valence-corrected chi connectivity index (χ2v) is 5.54. The summed E-state index contributed by atoms with van der Waals surface area (Å²) in [7, 11) is 0. The minimum Gasteiger partial charge on any atom is -0.368 e. The van der Waals surface area contributed by atoms with Gasteiger partial charge in [-0.1, -0.05) is 13.8 Å². The Balaban J connectivity index is 2.32. The van der Waals surface area contributed by atoms with Crippen LogP contribution in [-0.2, 0) is 0 Å². The minimum absolute atomic E-state index is 0.0700. The van der Waals surface area contributed by atoms with Crippen molar-refractivity contribution < 1.29 is 4.39 Å². The van der Waals surface area contributed by atoms with Crippen LogP contribution in [0.5, 0.6) is 0 Å². The van der Waals surface area contributed by atoms with Crippen LogP contribution in [0.25, 0.3) is 0 Å². The van der Waals surface area contributed by atoms with E-state index in [-0.39, 0.29) is 17.1 Å². The standard InChI is InChI=1S/C10H15FN4OS/c1-3-6-5(2)7(11)8(17-6)15-4-13-9(12)14-10(15)16/h4-8H,3H2,1-2H3,(H2,12,14,16)/t5-,6-,7+,8-/m1/s1. The molecule has 2 rings (SSSR count). The van der Waals surface area contributed by atoms with Gasteiger partial charge in [0.1, 0.15) is 17.9 Å². The number of halogens is 1. The summed E-state index contributed by atoms with van der Waals surface area (Å²) in [6, 6.07) is 0. The molecule has 0 radical (unpaired) electrons. The molecule has 7 heteroatoms. The number of nitrogens with zero attached hydrogens (tertiary/aromatic N) is 3. The van der Waals surface area contributed by atoms with Gasteiger partial charge in [0.2, 0.25) is 5.95 Å². The van der Waals surface area contributed by atoms with Gasteiger partial charge < -0.3 is 5.73 Å². The fourth-order valence-electron chi connectivity index (χ4n) is 2.06. The van der Waals surface area contributed by atoms with E-state index in [0.29, 0.717) is 0 Å². The quantitative estimate of drug-likeness (QED) is 0.863. The van der Waals surface area contributed by atoms with E-state index in [0.717, 1.165) is 6.42 Å². The predicted molar refractivity (Wildman–Crippen MR) is 65.5 cm³/mol. The summed E-state index contributed by atoms with van der Waals surface area (Å²) in [5.74, 6) is -0.149. The number of hydrogen-bond acceptors (Lipinski definition) is 5. The molecule has 1 saturated heterocycles. The van der Waals surface area contributed by atoms with Crippen molar-refractivity contribution in [2.45, 2.75) is 37.1 Å². The Hall–Kier alpha value is -1.11. The van der Waals surface area contributed by atoms with Crippen LogP contribution >= 0.6 is 11.8 Å². The van der Waals surface area contributed by atoms with E-state index in [9.17, 15) is 9.18 Å². The van der Waals surface area contributed by atoms with Gasteiger partial charge >= 0.3 is 5.69 Å². The van der Waals surface area contributed by atoms with E-state index in [2.05, 4.69) is 9.97 Å². The van der Waals surface area contributed by atoms with Crippen molar-refractivity contribution >= 4 is 17.7 Å². The smallest absolute Gasteiger partial charge is 0.353 e. The van der Waals surface area contributed by atoms with Gasteiger partial charge in [0.05, 0.1) is 0 Å². The topological polar surface area (TPSA) is 73.8 Å². The second kappa shape index (κ2) is 4.64. The van der Waals surface area contributed by atoms with Crippen molar-refractivity contribution in [3.8, 4) is 0 Å². The lowest BCUT2D eigenvalue weighted by Gasteiger charge is -2.15. The van der Waals surface area contributed by atoms with Crippen molar-refractivity contribution in [2.24, 2.45) is 5.92 Å². The largest absolute Gasteiger partial charge is 0.368 e. The molecular formula is C10H15FN4OS. The van der Waals surface area contributed by atoms with Crippen LogP contribution in [0.15, 0.2) is 11.1 Å². The maximum atomic E-state index is 14.1. The fraction of sp³-hybridized carbons (Fsp3) is 0.700. The van der Waals surface area contributed by atoms with Crippen LogP contribution < -0.4 is 11.4 Å². The lowest BCUT2D eigenvalue weighted by Crippen LogP contribution is -2.30. The first-order chi connectivity index (χ1) is 8.04. The molecule has 0 amide bonds. The maximum Gasteiger partial charge on any atom is 0.353 e. The Bertz CT molecular complexity index is 466. The molecule has 0 aliphatic carbocycles. The molecule has 2 N–H and O–H groups in total. The molecule has 1 aliphatic rings. The van der Waals surface area contributed by atoms with E-state index in [1.807, 2.05) is 13.8 Å². The zero-order valence-electron chi connectivity index (χ0n) is 9.71. The summed E-state index contributed by atoms with van der Waals surface area (Å²) < 4.78 is 15.4. The molecule has 0 aromatic carbocycles. The van der Waals surface area contributed by atoms with E-state index in [1.165, 1.54) is 22.7 Å². The Morgan fingerprint density at radius 2 is 2.35 bits per heavy atom. The molecule has 2 heterocycles. The first-order valence-corrected chi connectivity index (χ1v) is 6.49. The highest BCUT2D eigenvalue weighted by molar-refractivity contribution is 8.00. The number of hydrogen-bond donors (Lipinski definition) is 1. The Labute approximate surface area is 103 Å². The number of anilines is 1. The van der Waals surface area contributed by atoms with Gasteiger partial charge in [0, 0.05) is 11.2 Å². The number of rotatable bonds is 2. The Morgan fingerprint density at radius 1 is 1.65 bits per heavy atom. The molecule has 0 bridgehead atoms. The van der Waals surface area contributed by atoms with Crippen molar-refractivity contribution in [3.05, 3.63) is 16.8 Å². The number of nitrogen functional groups attached to an aromatic ring is 1. The summed E-state index contributed by atoms with van der Waals surface area (Å²) in [5, 5.41) is -0.317. The minimum atomic E-state index is -1.06. The molecule has 94 valence electrons. The summed E-state index contributed by atoms with van der Waals surface area (Å²) in [6.45, 7) is 3.89. The van der Waals surface area contributed by atoms with Crippen LogP contribution in [0.3, 0.4) is 0 Å². The number of thioether (sulfide) groups is 1. The molecule has 17 heavy (non-hydrogen) atoms. The van der Waals surface area contributed by atoms with Gasteiger partial charge in [-0.25, -0.2) is 14.2 Å². The number of alkyl halides is 1. The lowest BCUT2D eigenvalue weighted by molar-refractivity contribution is 0.219. The third-order valence-electron chi connectivity index (χ3n) is 3.10. The maximum absolute atomic E-state index is 14.1. The molecule has 1 aromatic heterocycles. The molecule has 0 saturated carbocycles. The molecule has 1 fully saturated rings. The SMILES string of the molecule is CC[C@H]1S[C@@H](n2cnc(N)nc2=O)[C@@H](F)[C@@H]1C. The average Bonchev–Trinajstić information content (AvgIpc) is 2.57. The van der Waals surface area contributed by atoms with Gasteiger partial charge in [0.15, 0.2) is 0 Å². The Kier molecular flexibility index (Phi) is 3.37. The van der Waals surface area contributed by atoms with E-state index in [4.69, 9.17) is 5.73 Å². The molecule has 1 aromatic rings. The predicted octanol–water partition coefficient (Wildman–Crippen LogP) is 1.22.